The molecular weight excluding hydrogens is 179 g/mol. The summed E-state index contributed by atoms with van der Waals surface area (Å²) in [6.45, 7) is 2.07. The van der Waals surface area contributed by atoms with Gasteiger partial charge in [0.2, 0.25) is 0 Å². The summed E-state index contributed by atoms with van der Waals surface area (Å²) in [4.78, 5) is 11.8. The van der Waals surface area contributed by atoms with Crippen molar-refractivity contribution in [3.63, 3.8) is 0 Å². The van der Waals surface area contributed by atoms with E-state index in [-0.39, 0.29) is 17.5 Å². The fourth-order valence-corrected chi connectivity index (χ4v) is 2.13. The quantitative estimate of drug-likeness (QED) is 0.704. The van der Waals surface area contributed by atoms with E-state index in [1.165, 1.54) is 12.1 Å². The van der Waals surface area contributed by atoms with E-state index in [4.69, 9.17) is 0 Å². The minimum Gasteiger partial charge on any atom is -0.294 e. The predicted molar refractivity (Wildman–Crippen MR) is 52.8 cm³/mol. The summed E-state index contributed by atoms with van der Waals surface area (Å²) in [6, 6.07) is 4.47. The van der Waals surface area contributed by atoms with Gasteiger partial charge in [-0.1, -0.05) is 13.3 Å². The Hall–Kier alpha value is -1.18. The number of carbonyl (C=O) groups is 1. The number of hydrogen-bond donors (Lipinski definition) is 0. The van der Waals surface area contributed by atoms with Crippen LogP contribution >= 0.6 is 0 Å². The van der Waals surface area contributed by atoms with E-state index in [1.54, 1.807) is 6.07 Å². The molecule has 0 radical (unpaired) electrons. The number of benzene rings is 1. The largest absolute Gasteiger partial charge is 0.294 e. The second kappa shape index (κ2) is 3.52. The molecule has 0 saturated heterocycles. The highest BCUT2D eigenvalue weighted by molar-refractivity contribution is 6.02. The topological polar surface area (TPSA) is 17.1 Å². The highest BCUT2D eigenvalue weighted by atomic mass is 19.1. The van der Waals surface area contributed by atoms with Crippen molar-refractivity contribution >= 4 is 5.78 Å². The van der Waals surface area contributed by atoms with Crippen LogP contribution in [0.2, 0.25) is 0 Å². The number of halogens is 1. The molecule has 0 fully saturated rings. The number of carbonyl (C=O) groups excluding carboxylic acids is 1. The zero-order valence-corrected chi connectivity index (χ0v) is 8.22. The van der Waals surface area contributed by atoms with Gasteiger partial charge in [0.25, 0.3) is 0 Å². The molecule has 2 rings (SSSR count). The fourth-order valence-electron chi connectivity index (χ4n) is 2.13. The van der Waals surface area contributed by atoms with E-state index >= 15 is 0 Å². The van der Waals surface area contributed by atoms with Crippen LogP contribution in [0.3, 0.4) is 0 Å². The van der Waals surface area contributed by atoms with Crippen molar-refractivity contribution in [1.82, 2.24) is 0 Å². The molecule has 0 N–H and O–H groups in total. The van der Waals surface area contributed by atoms with Gasteiger partial charge in [-0.3, -0.25) is 4.79 Å². The van der Waals surface area contributed by atoms with Crippen molar-refractivity contribution in [3.05, 3.63) is 35.1 Å². The molecule has 1 nitrogen and oxygen atoms in total. The number of rotatable bonds is 2. The smallest absolute Gasteiger partial charge is 0.166 e. The van der Waals surface area contributed by atoms with Crippen molar-refractivity contribution in [2.45, 2.75) is 26.2 Å². The van der Waals surface area contributed by atoms with Crippen molar-refractivity contribution < 1.29 is 9.18 Å². The second-order valence-electron chi connectivity index (χ2n) is 3.86. The van der Waals surface area contributed by atoms with Gasteiger partial charge in [-0.15, -0.1) is 0 Å². The van der Waals surface area contributed by atoms with E-state index in [9.17, 15) is 9.18 Å². The number of hydrogen-bond acceptors (Lipinski definition) is 1. The average molecular weight is 192 g/mol. The van der Waals surface area contributed by atoms with Crippen LogP contribution in [0.25, 0.3) is 0 Å². The van der Waals surface area contributed by atoms with Gasteiger partial charge in [0.1, 0.15) is 5.82 Å². The molecule has 1 aromatic rings. The Balaban J connectivity index is 2.31. The first kappa shape index (κ1) is 9.38. The Morgan fingerprint density at radius 2 is 2.29 bits per heavy atom. The highest BCUT2D eigenvalue weighted by Crippen LogP contribution is 2.29. The molecule has 14 heavy (non-hydrogen) atoms. The molecule has 1 aliphatic rings. The van der Waals surface area contributed by atoms with Crippen molar-refractivity contribution in [1.29, 1.82) is 0 Å². The lowest BCUT2D eigenvalue weighted by atomic mass is 10.00. The summed E-state index contributed by atoms with van der Waals surface area (Å²) in [5.74, 6) is 0.0485. The molecule has 0 aliphatic heterocycles. The first-order chi connectivity index (χ1) is 6.72. The number of Topliss-reactive ketones (excluding diaryl/α,β-unsaturated/α-hetero) is 1. The molecule has 0 heterocycles. The zero-order valence-electron chi connectivity index (χ0n) is 8.22. The van der Waals surface area contributed by atoms with Gasteiger partial charge in [0, 0.05) is 11.5 Å². The predicted octanol–water partition coefficient (Wildman–Crippen LogP) is 2.98. The van der Waals surface area contributed by atoms with Crippen molar-refractivity contribution in [2.24, 2.45) is 5.92 Å². The van der Waals surface area contributed by atoms with Crippen molar-refractivity contribution in [3.8, 4) is 0 Å². The Morgan fingerprint density at radius 3 is 3.00 bits per heavy atom. The van der Waals surface area contributed by atoms with Gasteiger partial charge in [-0.2, -0.15) is 0 Å². The maximum atomic E-state index is 12.9. The van der Waals surface area contributed by atoms with E-state index < -0.39 is 0 Å². The molecular formula is C12H13FO. The standard InChI is InChI=1S/C12H13FO/c1-2-3-8-6-9-7-10(13)4-5-11(9)12(8)14/h4-5,7-8H,2-3,6H2,1H3. The highest BCUT2D eigenvalue weighted by Gasteiger charge is 2.29. The van der Waals surface area contributed by atoms with Gasteiger partial charge in [-0.25, -0.2) is 4.39 Å². The van der Waals surface area contributed by atoms with Crippen LogP contribution in [0.5, 0.6) is 0 Å². The molecule has 1 aliphatic carbocycles. The van der Waals surface area contributed by atoms with Crippen LogP contribution in [0.15, 0.2) is 18.2 Å². The van der Waals surface area contributed by atoms with Gasteiger partial charge < -0.3 is 0 Å². The minimum atomic E-state index is -0.242. The Kier molecular flexibility index (Phi) is 2.36. The van der Waals surface area contributed by atoms with Crippen LogP contribution in [0, 0.1) is 11.7 Å². The van der Waals surface area contributed by atoms with E-state index in [0.29, 0.717) is 0 Å². The van der Waals surface area contributed by atoms with Gasteiger partial charge in [0.15, 0.2) is 5.78 Å². The zero-order chi connectivity index (χ0) is 10.1. The molecule has 1 aromatic carbocycles. The average Bonchev–Trinajstić information content (AvgIpc) is 2.44. The number of fused-ring (bicyclic) bond motifs is 1. The SMILES string of the molecule is CCCC1Cc2cc(F)ccc2C1=O. The van der Waals surface area contributed by atoms with Crippen molar-refractivity contribution in [2.75, 3.05) is 0 Å². The summed E-state index contributed by atoms with van der Waals surface area (Å²) >= 11 is 0. The third-order valence-electron chi connectivity index (χ3n) is 2.81. The van der Waals surface area contributed by atoms with Crippen LogP contribution in [0.4, 0.5) is 4.39 Å². The van der Waals surface area contributed by atoms with Gasteiger partial charge in [-0.05, 0) is 36.6 Å². The molecule has 1 atom stereocenters. The van der Waals surface area contributed by atoms with Gasteiger partial charge >= 0.3 is 0 Å². The summed E-state index contributed by atoms with van der Waals surface area (Å²) in [6.07, 6.45) is 2.64. The van der Waals surface area contributed by atoms with Crippen LogP contribution in [-0.2, 0) is 6.42 Å². The summed E-state index contributed by atoms with van der Waals surface area (Å²) in [7, 11) is 0. The maximum Gasteiger partial charge on any atom is 0.166 e. The second-order valence-corrected chi connectivity index (χ2v) is 3.86. The first-order valence-corrected chi connectivity index (χ1v) is 5.05. The lowest BCUT2D eigenvalue weighted by molar-refractivity contribution is 0.0930. The molecule has 0 saturated carbocycles. The first-order valence-electron chi connectivity index (χ1n) is 5.05. The maximum absolute atomic E-state index is 12.9. The minimum absolute atomic E-state index is 0.0943. The molecule has 0 spiro atoms. The molecule has 2 heteroatoms. The Bertz CT molecular complexity index is 371. The monoisotopic (exact) mass is 192 g/mol. The van der Waals surface area contributed by atoms with Crippen LogP contribution in [-0.4, -0.2) is 5.78 Å². The van der Waals surface area contributed by atoms with Crippen LogP contribution < -0.4 is 0 Å². The molecule has 0 amide bonds. The van der Waals surface area contributed by atoms with E-state index in [0.717, 1.165) is 30.4 Å². The summed E-state index contributed by atoms with van der Waals surface area (Å²) in [5, 5.41) is 0. The van der Waals surface area contributed by atoms with Gasteiger partial charge in [0.05, 0.1) is 0 Å². The Labute approximate surface area is 82.9 Å². The molecule has 74 valence electrons. The normalized spacial score (nSPS) is 19.9. The lowest BCUT2D eigenvalue weighted by Crippen LogP contribution is -2.07. The fraction of sp³-hybridized carbons (Fsp3) is 0.417. The lowest BCUT2D eigenvalue weighted by Gasteiger charge is -2.03. The molecule has 0 aromatic heterocycles. The summed E-state index contributed by atoms with van der Waals surface area (Å²) < 4.78 is 12.9. The third kappa shape index (κ3) is 1.45. The molecule has 1 unspecified atom stereocenters. The Morgan fingerprint density at radius 1 is 1.50 bits per heavy atom. The van der Waals surface area contributed by atoms with Crippen LogP contribution in [0.1, 0.15) is 35.7 Å². The molecule has 0 bridgehead atoms. The van der Waals surface area contributed by atoms with E-state index in [2.05, 4.69) is 6.92 Å². The third-order valence-corrected chi connectivity index (χ3v) is 2.81. The number of ketones is 1. The van der Waals surface area contributed by atoms with E-state index in [1.807, 2.05) is 0 Å². The summed E-state index contributed by atoms with van der Waals surface area (Å²) in [5.41, 5.74) is 1.61.